The lowest BCUT2D eigenvalue weighted by molar-refractivity contribution is -0.151. The van der Waals surface area contributed by atoms with Crippen molar-refractivity contribution in [3.05, 3.63) is 59.7 Å². The largest absolute Gasteiger partial charge is 0.481 e. The van der Waals surface area contributed by atoms with E-state index < -0.39 is 17.5 Å². The van der Waals surface area contributed by atoms with E-state index in [1.807, 2.05) is 24.3 Å². The van der Waals surface area contributed by atoms with Crippen LogP contribution in [0.4, 0.5) is 4.79 Å². The van der Waals surface area contributed by atoms with Gasteiger partial charge in [0.2, 0.25) is 0 Å². The summed E-state index contributed by atoms with van der Waals surface area (Å²) in [5, 5.41) is 12.5. The van der Waals surface area contributed by atoms with Crippen LogP contribution in [0.5, 0.6) is 0 Å². The van der Waals surface area contributed by atoms with Crippen molar-refractivity contribution in [1.29, 1.82) is 0 Å². The second-order valence-electron chi connectivity index (χ2n) is 8.20. The highest BCUT2D eigenvalue weighted by Crippen LogP contribution is 2.44. The molecule has 0 spiro atoms. The van der Waals surface area contributed by atoms with Gasteiger partial charge in [-0.1, -0.05) is 55.5 Å². The average molecular weight is 408 g/mol. The third-order valence-electron chi connectivity index (χ3n) is 6.63. The minimum Gasteiger partial charge on any atom is -0.481 e. The number of aliphatic carboxylic acids is 1. The fourth-order valence-electron chi connectivity index (χ4n) is 4.65. The molecule has 2 N–H and O–H groups in total. The van der Waals surface area contributed by atoms with E-state index in [0.717, 1.165) is 30.8 Å². The number of alkyl carbamates (subject to hydrolysis) is 1. The lowest BCUT2D eigenvalue weighted by Crippen LogP contribution is -2.50. The summed E-state index contributed by atoms with van der Waals surface area (Å²) in [7, 11) is 0. The van der Waals surface area contributed by atoms with E-state index in [2.05, 4.69) is 41.4 Å². The highest BCUT2D eigenvalue weighted by Gasteiger charge is 2.41. The van der Waals surface area contributed by atoms with Gasteiger partial charge in [0, 0.05) is 12.5 Å². The summed E-state index contributed by atoms with van der Waals surface area (Å²) in [4.78, 5) is 26.6. The van der Waals surface area contributed by atoms with Crippen molar-refractivity contribution >= 4 is 12.1 Å². The van der Waals surface area contributed by atoms with Gasteiger partial charge in [-0.05, 0) is 54.7 Å². The van der Waals surface area contributed by atoms with Crippen molar-refractivity contribution in [3.8, 4) is 11.1 Å². The van der Waals surface area contributed by atoms with Crippen molar-refractivity contribution in [3.63, 3.8) is 0 Å². The number of fused-ring (bicyclic) bond motifs is 3. The quantitative estimate of drug-likeness (QED) is 0.762. The number of carbonyl (C=O) groups excluding carboxylic acids is 1. The first-order valence-electron chi connectivity index (χ1n) is 10.6. The van der Waals surface area contributed by atoms with Gasteiger partial charge in [-0.15, -0.1) is 0 Å². The number of piperidine rings is 1. The summed E-state index contributed by atoms with van der Waals surface area (Å²) < 4.78 is 5.54. The van der Waals surface area contributed by atoms with Gasteiger partial charge < -0.3 is 20.1 Å². The van der Waals surface area contributed by atoms with Crippen LogP contribution in [0.15, 0.2) is 48.5 Å². The zero-order valence-corrected chi connectivity index (χ0v) is 17.3. The van der Waals surface area contributed by atoms with Gasteiger partial charge in [-0.2, -0.15) is 0 Å². The molecule has 1 aliphatic carbocycles. The third-order valence-corrected chi connectivity index (χ3v) is 6.63. The summed E-state index contributed by atoms with van der Waals surface area (Å²) >= 11 is 0. The van der Waals surface area contributed by atoms with E-state index in [1.54, 1.807) is 0 Å². The molecule has 1 aliphatic heterocycles. The number of benzene rings is 2. The highest BCUT2D eigenvalue weighted by molar-refractivity contribution is 5.79. The number of carboxylic acid groups (broad SMARTS) is 1. The number of nitrogens with zero attached hydrogens (tertiary/aromatic N) is 1. The second kappa shape index (κ2) is 8.48. The minimum atomic E-state index is -0.919. The maximum Gasteiger partial charge on any atom is 0.407 e. The highest BCUT2D eigenvalue weighted by atomic mass is 16.5. The maximum absolute atomic E-state index is 12.4. The first-order chi connectivity index (χ1) is 14.5. The van der Waals surface area contributed by atoms with Crippen molar-refractivity contribution in [2.24, 2.45) is 5.41 Å². The van der Waals surface area contributed by atoms with Crippen LogP contribution in [0.3, 0.4) is 0 Å². The Morgan fingerprint density at radius 1 is 1.07 bits per heavy atom. The molecule has 0 unspecified atom stereocenters. The molecule has 0 saturated carbocycles. The monoisotopic (exact) mass is 408 g/mol. The Labute approximate surface area is 176 Å². The number of hydrogen-bond donors (Lipinski definition) is 2. The van der Waals surface area contributed by atoms with Crippen molar-refractivity contribution in [2.45, 2.75) is 25.7 Å². The SMILES string of the molecule is CCN1CCC(CNC(=O)OCC2c3ccccc3-c3ccccc32)(C(=O)O)CC1. The Hall–Kier alpha value is -2.86. The number of ether oxygens (including phenoxy) is 1. The predicted octanol–water partition coefficient (Wildman–Crippen LogP) is 3.71. The molecule has 1 heterocycles. The van der Waals surface area contributed by atoms with Gasteiger partial charge in [0.1, 0.15) is 6.61 Å². The molecule has 158 valence electrons. The average Bonchev–Trinajstić information content (AvgIpc) is 3.10. The smallest absolute Gasteiger partial charge is 0.407 e. The predicted molar refractivity (Wildman–Crippen MR) is 114 cm³/mol. The van der Waals surface area contributed by atoms with Gasteiger partial charge in [-0.3, -0.25) is 4.79 Å². The zero-order chi connectivity index (χ0) is 21.1. The molecule has 0 radical (unpaired) electrons. The Balaban J connectivity index is 1.38. The third kappa shape index (κ3) is 3.79. The summed E-state index contributed by atoms with van der Waals surface area (Å²) in [6, 6.07) is 16.3. The molecule has 6 nitrogen and oxygen atoms in total. The number of nitrogens with one attached hydrogen (secondary N) is 1. The fraction of sp³-hybridized carbons (Fsp3) is 0.417. The Bertz CT molecular complexity index is 889. The number of amides is 1. The zero-order valence-electron chi connectivity index (χ0n) is 17.3. The van der Waals surface area contributed by atoms with Crippen LogP contribution in [0.1, 0.15) is 36.8 Å². The summed E-state index contributed by atoms with van der Waals surface area (Å²) in [6.07, 6.45) is 0.495. The second-order valence-corrected chi connectivity index (χ2v) is 8.20. The molecule has 2 aliphatic rings. The molecule has 1 amide bonds. The van der Waals surface area contributed by atoms with E-state index >= 15 is 0 Å². The number of rotatable bonds is 6. The molecule has 0 bridgehead atoms. The molecule has 0 atom stereocenters. The normalized spacial score (nSPS) is 17.8. The lowest BCUT2D eigenvalue weighted by atomic mass is 9.78. The fourth-order valence-corrected chi connectivity index (χ4v) is 4.65. The summed E-state index contributed by atoms with van der Waals surface area (Å²) in [6.45, 7) is 4.77. The van der Waals surface area contributed by atoms with Crippen molar-refractivity contribution in [1.82, 2.24) is 10.2 Å². The van der Waals surface area contributed by atoms with Crippen LogP contribution < -0.4 is 5.32 Å². The first-order valence-corrected chi connectivity index (χ1v) is 10.6. The molecule has 1 saturated heterocycles. The Morgan fingerprint density at radius 2 is 1.63 bits per heavy atom. The standard InChI is InChI=1S/C24H28N2O4/c1-2-26-13-11-24(12-14-26,22(27)28)16-25-23(29)30-15-21-19-9-5-3-7-17(19)18-8-4-6-10-20(18)21/h3-10,21H,2,11-16H2,1H3,(H,25,29)(H,27,28). The van der Waals surface area contributed by atoms with Crippen LogP contribution >= 0.6 is 0 Å². The number of hydrogen-bond acceptors (Lipinski definition) is 4. The first kappa shape index (κ1) is 20.4. The summed E-state index contributed by atoms with van der Waals surface area (Å²) in [5.74, 6) is -0.860. The number of likely N-dealkylation sites (tertiary alicyclic amines) is 1. The molecule has 2 aromatic rings. The van der Waals surface area contributed by atoms with Crippen molar-refractivity contribution in [2.75, 3.05) is 32.8 Å². The van der Waals surface area contributed by atoms with Crippen LogP contribution in [0.25, 0.3) is 11.1 Å². The van der Waals surface area contributed by atoms with Gasteiger partial charge in [0.25, 0.3) is 0 Å². The van der Waals surface area contributed by atoms with Crippen LogP contribution in [-0.4, -0.2) is 54.9 Å². The molecule has 1 fully saturated rings. The molecule has 30 heavy (non-hydrogen) atoms. The van der Waals surface area contributed by atoms with Crippen LogP contribution in [0.2, 0.25) is 0 Å². The number of carbonyl (C=O) groups is 2. The molecule has 4 rings (SSSR count). The van der Waals surface area contributed by atoms with Gasteiger partial charge in [0.15, 0.2) is 0 Å². The Morgan fingerprint density at radius 3 is 2.17 bits per heavy atom. The lowest BCUT2D eigenvalue weighted by Gasteiger charge is -2.38. The summed E-state index contributed by atoms with van der Waals surface area (Å²) in [5.41, 5.74) is 3.74. The van der Waals surface area contributed by atoms with E-state index in [9.17, 15) is 14.7 Å². The molecular weight excluding hydrogens is 380 g/mol. The van der Waals surface area contributed by atoms with E-state index in [0.29, 0.717) is 12.8 Å². The van der Waals surface area contributed by atoms with Gasteiger partial charge >= 0.3 is 12.1 Å². The number of carboxylic acids is 1. The topological polar surface area (TPSA) is 78.9 Å². The molecule has 0 aromatic heterocycles. The van der Waals surface area contributed by atoms with Gasteiger partial charge in [-0.25, -0.2) is 4.79 Å². The van der Waals surface area contributed by atoms with Crippen molar-refractivity contribution < 1.29 is 19.4 Å². The van der Waals surface area contributed by atoms with E-state index in [4.69, 9.17) is 4.74 Å². The molecule has 6 heteroatoms. The molecular formula is C24H28N2O4. The maximum atomic E-state index is 12.4. The van der Waals surface area contributed by atoms with E-state index in [1.165, 1.54) is 11.1 Å². The van der Waals surface area contributed by atoms with Crippen LogP contribution in [-0.2, 0) is 9.53 Å². The molecule has 2 aromatic carbocycles. The Kier molecular flexibility index (Phi) is 5.77. The van der Waals surface area contributed by atoms with Crippen LogP contribution in [0, 0.1) is 5.41 Å². The minimum absolute atomic E-state index is 0.00984. The van der Waals surface area contributed by atoms with Gasteiger partial charge in [0.05, 0.1) is 5.41 Å². The van der Waals surface area contributed by atoms with E-state index in [-0.39, 0.29) is 19.1 Å².